The molecule has 1 heterocycles. The summed E-state index contributed by atoms with van der Waals surface area (Å²) in [7, 11) is 0. The summed E-state index contributed by atoms with van der Waals surface area (Å²) in [6, 6.07) is 12.4. The van der Waals surface area contributed by atoms with Gasteiger partial charge < -0.3 is 9.47 Å². The summed E-state index contributed by atoms with van der Waals surface area (Å²) in [6.07, 6.45) is -1.02. The molecule has 0 aliphatic rings. The lowest BCUT2D eigenvalue weighted by Gasteiger charge is -2.06. The van der Waals surface area contributed by atoms with Crippen molar-refractivity contribution < 1.29 is 13.9 Å². The topological polar surface area (TPSA) is 57.1 Å². The van der Waals surface area contributed by atoms with Gasteiger partial charge in [0.15, 0.2) is 0 Å². The van der Waals surface area contributed by atoms with Crippen LogP contribution in [0.15, 0.2) is 48.5 Å². The normalized spacial score (nSPS) is 10.4. The molecule has 8 heteroatoms. The average Bonchev–Trinajstić information content (AvgIpc) is 2.51. The largest absolute Gasteiger partial charge is 0.424 e. The standard InChI is InChI=1S/C15H8Cl2FN3O2/c16-9-1-5-11(6-2-9)22-14-19-13(18)20-15(21-14)23-12-7-3-10(17)4-8-12/h1-8H. The molecule has 0 unspecified atom stereocenters. The van der Waals surface area contributed by atoms with Crippen LogP contribution in [0.4, 0.5) is 4.39 Å². The second kappa shape index (κ2) is 6.76. The summed E-state index contributed by atoms with van der Waals surface area (Å²) in [4.78, 5) is 10.8. The monoisotopic (exact) mass is 351 g/mol. The summed E-state index contributed by atoms with van der Waals surface area (Å²) in [5, 5.41) is 1.09. The van der Waals surface area contributed by atoms with Crippen molar-refractivity contribution in [2.45, 2.75) is 0 Å². The molecule has 0 saturated carbocycles. The number of rotatable bonds is 4. The van der Waals surface area contributed by atoms with Crippen LogP contribution >= 0.6 is 23.2 Å². The van der Waals surface area contributed by atoms with Crippen LogP contribution in [-0.4, -0.2) is 15.0 Å². The van der Waals surface area contributed by atoms with Crippen LogP contribution in [0.5, 0.6) is 23.5 Å². The van der Waals surface area contributed by atoms with Gasteiger partial charge in [0.2, 0.25) is 0 Å². The van der Waals surface area contributed by atoms with Gasteiger partial charge in [-0.1, -0.05) is 23.2 Å². The van der Waals surface area contributed by atoms with Crippen molar-refractivity contribution in [2.24, 2.45) is 0 Å². The molecule has 0 radical (unpaired) electrons. The highest BCUT2D eigenvalue weighted by Crippen LogP contribution is 2.24. The van der Waals surface area contributed by atoms with Crippen molar-refractivity contribution in [3.8, 4) is 23.5 Å². The summed E-state index contributed by atoms with van der Waals surface area (Å²) in [6.45, 7) is 0. The molecule has 0 amide bonds. The number of hydrogen-bond acceptors (Lipinski definition) is 5. The third kappa shape index (κ3) is 4.28. The molecule has 5 nitrogen and oxygen atoms in total. The third-order valence-electron chi connectivity index (χ3n) is 2.61. The Labute approximate surface area is 140 Å². The number of benzene rings is 2. The predicted octanol–water partition coefficient (Wildman–Crippen LogP) is 4.90. The van der Waals surface area contributed by atoms with Gasteiger partial charge in [0, 0.05) is 10.0 Å². The molecule has 0 aliphatic heterocycles. The molecule has 0 fully saturated rings. The van der Waals surface area contributed by atoms with E-state index in [1.807, 2.05) is 0 Å². The highest BCUT2D eigenvalue weighted by Gasteiger charge is 2.10. The zero-order valence-corrected chi connectivity index (χ0v) is 12.9. The summed E-state index contributed by atoms with van der Waals surface area (Å²) in [5.74, 6) is 0.801. The maximum atomic E-state index is 13.5. The molecule has 0 N–H and O–H groups in total. The minimum absolute atomic E-state index is 0.233. The molecule has 116 valence electrons. The minimum atomic E-state index is -1.02. The average molecular weight is 352 g/mol. The SMILES string of the molecule is Fc1nc(Oc2ccc(Cl)cc2)nc(Oc2ccc(Cl)cc2)n1. The Hall–Kier alpha value is -2.44. The van der Waals surface area contributed by atoms with E-state index < -0.39 is 6.08 Å². The van der Waals surface area contributed by atoms with Crippen molar-refractivity contribution in [1.29, 1.82) is 0 Å². The fraction of sp³-hybridized carbons (Fsp3) is 0. The summed E-state index contributed by atoms with van der Waals surface area (Å²) in [5.41, 5.74) is 0. The van der Waals surface area contributed by atoms with Crippen molar-refractivity contribution in [3.63, 3.8) is 0 Å². The van der Waals surface area contributed by atoms with Crippen LogP contribution in [0.25, 0.3) is 0 Å². The molecule has 0 aliphatic carbocycles. The van der Waals surface area contributed by atoms with Gasteiger partial charge >= 0.3 is 18.1 Å². The van der Waals surface area contributed by atoms with E-state index in [0.29, 0.717) is 21.5 Å². The number of halogens is 3. The van der Waals surface area contributed by atoms with Crippen molar-refractivity contribution >= 4 is 23.2 Å². The first-order valence-electron chi connectivity index (χ1n) is 6.37. The van der Waals surface area contributed by atoms with E-state index in [-0.39, 0.29) is 12.0 Å². The molecule has 0 atom stereocenters. The number of aromatic nitrogens is 3. The second-order valence-corrected chi connectivity index (χ2v) is 5.15. The Morgan fingerprint density at radius 2 is 1.04 bits per heavy atom. The first-order chi connectivity index (χ1) is 11.1. The predicted molar refractivity (Wildman–Crippen MR) is 82.8 cm³/mol. The highest BCUT2D eigenvalue weighted by atomic mass is 35.5. The summed E-state index contributed by atoms with van der Waals surface area (Å²) < 4.78 is 24.2. The van der Waals surface area contributed by atoms with E-state index in [9.17, 15) is 4.39 Å². The number of nitrogens with zero attached hydrogens (tertiary/aromatic N) is 3. The van der Waals surface area contributed by atoms with Crippen LogP contribution in [0.1, 0.15) is 0 Å². The highest BCUT2D eigenvalue weighted by molar-refractivity contribution is 6.30. The van der Waals surface area contributed by atoms with Gasteiger partial charge in [-0.3, -0.25) is 0 Å². The van der Waals surface area contributed by atoms with Gasteiger partial charge in [0.1, 0.15) is 11.5 Å². The van der Waals surface area contributed by atoms with Crippen LogP contribution in [-0.2, 0) is 0 Å². The van der Waals surface area contributed by atoms with Gasteiger partial charge in [-0.05, 0) is 48.5 Å². The zero-order chi connectivity index (χ0) is 16.2. The lowest BCUT2D eigenvalue weighted by atomic mass is 10.3. The van der Waals surface area contributed by atoms with Gasteiger partial charge in [-0.25, -0.2) is 0 Å². The Morgan fingerprint density at radius 3 is 1.43 bits per heavy atom. The van der Waals surface area contributed by atoms with Crippen LogP contribution in [0, 0.1) is 6.08 Å². The molecule has 2 aromatic carbocycles. The van der Waals surface area contributed by atoms with E-state index >= 15 is 0 Å². The van der Waals surface area contributed by atoms with Crippen LogP contribution < -0.4 is 9.47 Å². The number of hydrogen-bond donors (Lipinski definition) is 0. The van der Waals surface area contributed by atoms with Crippen LogP contribution in [0.2, 0.25) is 10.0 Å². The van der Waals surface area contributed by atoms with Crippen LogP contribution in [0.3, 0.4) is 0 Å². The Morgan fingerprint density at radius 1 is 0.652 bits per heavy atom. The van der Waals surface area contributed by atoms with E-state index in [1.54, 1.807) is 48.5 Å². The first kappa shape index (κ1) is 15.5. The molecule has 3 aromatic rings. The quantitative estimate of drug-likeness (QED) is 0.668. The van der Waals surface area contributed by atoms with E-state index in [1.165, 1.54) is 0 Å². The van der Waals surface area contributed by atoms with Crippen molar-refractivity contribution in [3.05, 3.63) is 64.7 Å². The number of ether oxygens (including phenoxy) is 2. The van der Waals surface area contributed by atoms with Gasteiger partial charge in [0.05, 0.1) is 0 Å². The Bertz CT molecular complexity index is 748. The second-order valence-electron chi connectivity index (χ2n) is 4.28. The van der Waals surface area contributed by atoms with E-state index in [4.69, 9.17) is 32.7 Å². The first-order valence-corrected chi connectivity index (χ1v) is 7.12. The Kier molecular flexibility index (Phi) is 4.55. The fourth-order valence-corrected chi connectivity index (χ4v) is 1.87. The minimum Gasteiger partial charge on any atom is -0.424 e. The van der Waals surface area contributed by atoms with E-state index in [0.717, 1.165) is 0 Å². The van der Waals surface area contributed by atoms with Crippen molar-refractivity contribution in [1.82, 2.24) is 15.0 Å². The smallest absolute Gasteiger partial charge is 0.330 e. The van der Waals surface area contributed by atoms with Gasteiger partial charge in [-0.15, -0.1) is 15.0 Å². The molecule has 23 heavy (non-hydrogen) atoms. The van der Waals surface area contributed by atoms with Gasteiger partial charge in [0.25, 0.3) is 0 Å². The third-order valence-corrected chi connectivity index (χ3v) is 3.12. The lowest BCUT2D eigenvalue weighted by Crippen LogP contribution is -2.01. The Balaban J connectivity index is 1.81. The van der Waals surface area contributed by atoms with Crippen molar-refractivity contribution in [2.75, 3.05) is 0 Å². The zero-order valence-electron chi connectivity index (χ0n) is 11.4. The summed E-state index contributed by atoms with van der Waals surface area (Å²) >= 11 is 11.6. The maximum absolute atomic E-state index is 13.5. The molecule has 0 spiro atoms. The fourth-order valence-electron chi connectivity index (χ4n) is 1.62. The molecule has 1 aromatic heterocycles. The molecule has 3 rings (SSSR count). The molecular weight excluding hydrogens is 344 g/mol. The van der Waals surface area contributed by atoms with Gasteiger partial charge in [-0.2, -0.15) is 4.39 Å². The molecular formula is C15H8Cl2FN3O2. The molecule has 0 saturated heterocycles. The maximum Gasteiger partial charge on any atom is 0.330 e. The lowest BCUT2D eigenvalue weighted by molar-refractivity contribution is 0.368. The molecule has 0 bridgehead atoms. The van der Waals surface area contributed by atoms with E-state index in [2.05, 4.69) is 15.0 Å².